The van der Waals surface area contributed by atoms with Crippen LogP contribution in [-0.4, -0.2) is 31.3 Å². The van der Waals surface area contributed by atoms with E-state index in [0.717, 1.165) is 24.9 Å². The number of nitrogens with zero attached hydrogens (tertiary/aromatic N) is 1. The Morgan fingerprint density at radius 1 is 1.44 bits per heavy atom. The van der Waals surface area contributed by atoms with Gasteiger partial charge in [0.15, 0.2) is 0 Å². The van der Waals surface area contributed by atoms with Crippen molar-refractivity contribution >= 4 is 11.8 Å². The van der Waals surface area contributed by atoms with Crippen molar-refractivity contribution in [3.05, 3.63) is 29.6 Å². The van der Waals surface area contributed by atoms with E-state index in [1.165, 1.54) is 12.1 Å². The highest BCUT2D eigenvalue weighted by Crippen LogP contribution is 2.38. The van der Waals surface area contributed by atoms with E-state index in [9.17, 15) is 4.39 Å². The van der Waals surface area contributed by atoms with Gasteiger partial charge in [0.05, 0.1) is 12.6 Å². The van der Waals surface area contributed by atoms with Crippen LogP contribution >= 0.6 is 11.8 Å². The van der Waals surface area contributed by atoms with Gasteiger partial charge in [-0.3, -0.25) is 0 Å². The third kappa shape index (κ3) is 3.13. The molecular formula is C13H17ClFNO2. The van der Waals surface area contributed by atoms with Crippen molar-refractivity contribution in [3.8, 4) is 5.75 Å². The van der Waals surface area contributed by atoms with Crippen LogP contribution in [0.3, 0.4) is 0 Å². The molecular weight excluding hydrogens is 257 g/mol. The highest BCUT2D eigenvalue weighted by molar-refractivity contribution is 6.13. The smallest absolute Gasteiger partial charge is 0.124 e. The molecule has 0 saturated carbocycles. The summed E-state index contributed by atoms with van der Waals surface area (Å²) in [5, 5.41) is 0. The van der Waals surface area contributed by atoms with E-state index >= 15 is 0 Å². The van der Waals surface area contributed by atoms with Crippen molar-refractivity contribution < 1.29 is 13.9 Å². The van der Waals surface area contributed by atoms with E-state index in [1.54, 1.807) is 17.6 Å². The number of hydrogen-bond donors (Lipinski definition) is 0. The molecule has 0 radical (unpaired) electrons. The second-order valence-corrected chi connectivity index (χ2v) is 4.74. The van der Waals surface area contributed by atoms with Crippen LogP contribution in [-0.2, 0) is 4.74 Å². The zero-order chi connectivity index (χ0) is 13.0. The summed E-state index contributed by atoms with van der Waals surface area (Å²) < 4.78 is 25.6. The minimum absolute atomic E-state index is 0.0277. The predicted octanol–water partition coefficient (Wildman–Crippen LogP) is 3.14. The molecule has 0 aliphatic carbocycles. The highest BCUT2D eigenvalue weighted by Gasteiger charge is 2.27. The molecule has 3 nitrogen and oxygen atoms in total. The zero-order valence-electron chi connectivity index (χ0n) is 10.4. The first-order chi connectivity index (χ1) is 8.72. The van der Waals surface area contributed by atoms with Gasteiger partial charge in [0.1, 0.15) is 18.2 Å². The van der Waals surface area contributed by atoms with Gasteiger partial charge in [0.25, 0.3) is 0 Å². The van der Waals surface area contributed by atoms with Crippen LogP contribution in [0.4, 0.5) is 4.39 Å². The predicted molar refractivity (Wildman–Crippen MR) is 68.3 cm³/mol. The summed E-state index contributed by atoms with van der Waals surface area (Å²) in [6.45, 7) is 1.77. The van der Waals surface area contributed by atoms with Gasteiger partial charge in [0, 0.05) is 19.2 Å². The van der Waals surface area contributed by atoms with Crippen molar-refractivity contribution in [2.75, 3.05) is 26.9 Å². The second kappa shape index (κ2) is 6.36. The first kappa shape index (κ1) is 13.6. The van der Waals surface area contributed by atoms with E-state index in [1.807, 2.05) is 0 Å². The van der Waals surface area contributed by atoms with Crippen molar-refractivity contribution in [2.24, 2.45) is 0 Å². The summed E-state index contributed by atoms with van der Waals surface area (Å²) in [4.78, 5) is 0. The van der Waals surface area contributed by atoms with Gasteiger partial charge in [-0.05, 0) is 42.8 Å². The standard InChI is InChI=1S/C13H17ClFNO2/c1-17-7-8-18-13-5-4-10(15)9-11(13)12-3-2-6-16(12)14/h4-5,9,12H,2-3,6-8H2,1H3/t12-/m1/s1. The molecule has 0 N–H and O–H groups in total. The zero-order valence-corrected chi connectivity index (χ0v) is 11.1. The Labute approximate surface area is 112 Å². The third-order valence-corrected chi connectivity index (χ3v) is 3.47. The number of methoxy groups -OCH3 is 1. The van der Waals surface area contributed by atoms with Gasteiger partial charge < -0.3 is 9.47 Å². The van der Waals surface area contributed by atoms with Crippen LogP contribution in [0.5, 0.6) is 5.75 Å². The lowest BCUT2D eigenvalue weighted by Crippen LogP contribution is -2.14. The Hall–Kier alpha value is -0.840. The molecule has 0 spiro atoms. The molecule has 0 unspecified atom stereocenters. The first-order valence-corrected chi connectivity index (χ1v) is 6.40. The Morgan fingerprint density at radius 2 is 2.28 bits per heavy atom. The number of ether oxygens (including phenoxy) is 2. The van der Waals surface area contributed by atoms with Crippen molar-refractivity contribution in [2.45, 2.75) is 18.9 Å². The fourth-order valence-corrected chi connectivity index (χ4v) is 2.51. The Balaban J connectivity index is 2.17. The number of rotatable bonds is 5. The highest BCUT2D eigenvalue weighted by atomic mass is 35.5. The Kier molecular flexibility index (Phi) is 4.80. The fraction of sp³-hybridized carbons (Fsp3) is 0.538. The van der Waals surface area contributed by atoms with Gasteiger partial charge >= 0.3 is 0 Å². The molecule has 0 aromatic heterocycles. The molecule has 2 rings (SSSR count). The third-order valence-electron chi connectivity index (χ3n) is 3.06. The summed E-state index contributed by atoms with van der Waals surface area (Å²) in [6, 6.07) is 4.59. The van der Waals surface area contributed by atoms with Crippen molar-refractivity contribution in [1.82, 2.24) is 4.42 Å². The minimum atomic E-state index is -0.263. The fourth-order valence-electron chi connectivity index (χ4n) is 2.18. The summed E-state index contributed by atoms with van der Waals surface area (Å²) in [6.07, 6.45) is 1.94. The lowest BCUT2D eigenvalue weighted by Gasteiger charge is -2.20. The first-order valence-electron chi connectivity index (χ1n) is 6.06. The van der Waals surface area contributed by atoms with Gasteiger partial charge in [-0.2, -0.15) is 0 Å². The topological polar surface area (TPSA) is 21.7 Å². The van der Waals surface area contributed by atoms with Gasteiger partial charge in [-0.25, -0.2) is 8.81 Å². The van der Waals surface area contributed by atoms with Gasteiger partial charge in [0.2, 0.25) is 0 Å². The van der Waals surface area contributed by atoms with Crippen LogP contribution in [0.1, 0.15) is 24.4 Å². The van der Waals surface area contributed by atoms with Crippen LogP contribution < -0.4 is 4.74 Å². The maximum Gasteiger partial charge on any atom is 0.124 e. The van der Waals surface area contributed by atoms with Crippen LogP contribution in [0, 0.1) is 5.82 Å². The van der Waals surface area contributed by atoms with Crippen LogP contribution in [0.25, 0.3) is 0 Å². The number of hydrogen-bond acceptors (Lipinski definition) is 3. The van der Waals surface area contributed by atoms with Gasteiger partial charge in [-0.1, -0.05) is 0 Å². The Bertz CT molecular complexity index is 403. The van der Waals surface area contributed by atoms with E-state index in [4.69, 9.17) is 21.3 Å². The number of halogens is 2. The molecule has 1 aromatic carbocycles. The lowest BCUT2D eigenvalue weighted by atomic mass is 10.0. The summed E-state index contributed by atoms with van der Waals surface area (Å²) >= 11 is 6.13. The van der Waals surface area contributed by atoms with E-state index in [0.29, 0.717) is 19.0 Å². The summed E-state index contributed by atoms with van der Waals surface area (Å²) in [7, 11) is 1.62. The Morgan fingerprint density at radius 3 is 2.94 bits per heavy atom. The monoisotopic (exact) mass is 273 g/mol. The molecule has 1 aliphatic heterocycles. The largest absolute Gasteiger partial charge is 0.491 e. The summed E-state index contributed by atoms with van der Waals surface area (Å²) in [5.74, 6) is 0.423. The van der Waals surface area contributed by atoms with Crippen LogP contribution in [0.15, 0.2) is 18.2 Å². The second-order valence-electron chi connectivity index (χ2n) is 4.30. The number of benzene rings is 1. The molecule has 1 fully saturated rings. The molecule has 1 heterocycles. The quantitative estimate of drug-likeness (QED) is 0.608. The normalized spacial score (nSPS) is 20.3. The maximum absolute atomic E-state index is 13.4. The van der Waals surface area contributed by atoms with E-state index in [-0.39, 0.29) is 11.9 Å². The van der Waals surface area contributed by atoms with E-state index < -0.39 is 0 Å². The maximum atomic E-state index is 13.4. The molecule has 1 saturated heterocycles. The SMILES string of the molecule is COCCOc1ccc(F)cc1[C@H]1CCCN1Cl. The summed E-state index contributed by atoms with van der Waals surface area (Å²) in [5.41, 5.74) is 0.818. The molecule has 1 atom stereocenters. The molecule has 5 heteroatoms. The lowest BCUT2D eigenvalue weighted by molar-refractivity contribution is 0.145. The molecule has 0 bridgehead atoms. The molecule has 1 aromatic rings. The van der Waals surface area contributed by atoms with Crippen molar-refractivity contribution in [1.29, 1.82) is 0 Å². The average molecular weight is 274 g/mol. The molecule has 100 valence electrons. The average Bonchev–Trinajstić information content (AvgIpc) is 2.77. The van der Waals surface area contributed by atoms with Crippen molar-refractivity contribution in [3.63, 3.8) is 0 Å². The molecule has 1 aliphatic rings. The van der Waals surface area contributed by atoms with E-state index in [2.05, 4.69) is 0 Å². The molecule has 0 amide bonds. The molecule has 18 heavy (non-hydrogen) atoms. The minimum Gasteiger partial charge on any atom is -0.491 e. The van der Waals surface area contributed by atoms with Gasteiger partial charge in [-0.15, -0.1) is 0 Å². The van der Waals surface area contributed by atoms with Crippen LogP contribution in [0.2, 0.25) is 0 Å².